The molecule has 8 heteroatoms. The highest BCUT2D eigenvalue weighted by Crippen LogP contribution is 2.26. The van der Waals surface area contributed by atoms with Gasteiger partial charge in [-0.05, 0) is 12.1 Å². The third kappa shape index (κ3) is 2.67. The van der Waals surface area contributed by atoms with E-state index in [2.05, 4.69) is 15.3 Å². The number of hydrogen-bond donors (Lipinski definition) is 3. The molecular formula is C14H11Cl2FN4O. The van der Waals surface area contributed by atoms with Crippen molar-refractivity contribution in [2.45, 2.75) is 11.4 Å². The highest BCUT2D eigenvalue weighted by molar-refractivity contribution is 6.32. The Morgan fingerprint density at radius 1 is 1.45 bits per heavy atom. The summed E-state index contributed by atoms with van der Waals surface area (Å²) < 4.78 is 13.7. The zero-order valence-electron chi connectivity index (χ0n) is 11.1. The maximum absolute atomic E-state index is 13.7. The number of halogens is 3. The van der Waals surface area contributed by atoms with Gasteiger partial charge in [0.2, 0.25) is 5.95 Å². The van der Waals surface area contributed by atoms with Crippen LogP contribution in [0.25, 0.3) is 11.0 Å². The average Bonchev–Trinajstić information content (AvgIpc) is 2.83. The molecule has 1 heterocycles. The summed E-state index contributed by atoms with van der Waals surface area (Å²) in [6.45, 7) is 0. The largest absolute Gasteiger partial charge is 0.366 e. The lowest BCUT2D eigenvalue weighted by Gasteiger charge is -2.22. The number of anilines is 1. The standard InChI is InChI=1S/C14H11Cl2FN4O/c15-7-2-1-3-8(16)12(7)21-14-19-10-4-6(13(18)22)9(17)5-11(10)20-14/h1-5,7,12H,(H2,18,22)(H2,19,20,21). The van der Waals surface area contributed by atoms with Gasteiger partial charge in [0.15, 0.2) is 0 Å². The number of alkyl halides is 1. The van der Waals surface area contributed by atoms with E-state index < -0.39 is 11.7 Å². The zero-order chi connectivity index (χ0) is 15.9. The highest BCUT2D eigenvalue weighted by atomic mass is 35.5. The molecule has 0 bridgehead atoms. The second kappa shape index (κ2) is 5.62. The fraction of sp³-hybridized carbons (Fsp3) is 0.143. The Balaban J connectivity index is 1.94. The molecule has 0 spiro atoms. The Morgan fingerprint density at radius 3 is 2.91 bits per heavy atom. The van der Waals surface area contributed by atoms with Crippen molar-refractivity contribution < 1.29 is 9.18 Å². The first-order valence-corrected chi connectivity index (χ1v) is 7.20. The second-order valence-electron chi connectivity index (χ2n) is 4.80. The predicted molar refractivity (Wildman–Crippen MR) is 84.7 cm³/mol. The average molecular weight is 341 g/mol. The van der Waals surface area contributed by atoms with Gasteiger partial charge in [-0.3, -0.25) is 4.79 Å². The molecule has 0 aliphatic heterocycles. The summed E-state index contributed by atoms with van der Waals surface area (Å²) in [5.41, 5.74) is 5.75. The van der Waals surface area contributed by atoms with Gasteiger partial charge in [0.05, 0.1) is 28.0 Å². The lowest BCUT2D eigenvalue weighted by molar-refractivity contribution is 0.0996. The van der Waals surface area contributed by atoms with Gasteiger partial charge in [0.25, 0.3) is 5.91 Å². The molecule has 0 saturated heterocycles. The predicted octanol–water partition coefficient (Wildman–Crippen LogP) is 2.88. The Kier molecular flexibility index (Phi) is 3.80. The summed E-state index contributed by atoms with van der Waals surface area (Å²) in [4.78, 5) is 18.3. The van der Waals surface area contributed by atoms with Crippen molar-refractivity contribution in [2.24, 2.45) is 5.73 Å². The van der Waals surface area contributed by atoms with Crippen LogP contribution < -0.4 is 11.1 Å². The first-order chi connectivity index (χ1) is 10.5. The van der Waals surface area contributed by atoms with Crippen LogP contribution in [0.15, 0.2) is 35.4 Å². The number of imidazole rings is 1. The van der Waals surface area contributed by atoms with E-state index in [1.165, 1.54) is 12.1 Å². The molecule has 1 amide bonds. The van der Waals surface area contributed by atoms with Gasteiger partial charge in [-0.25, -0.2) is 9.37 Å². The van der Waals surface area contributed by atoms with Crippen molar-refractivity contribution in [3.05, 3.63) is 46.8 Å². The third-order valence-corrected chi connectivity index (χ3v) is 4.05. The molecule has 4 N–H and O–H groups in total. The number of nitrogens with zero attached hydrogens (tertiary/aromatic N) is 1. The molecule has 114 valence electrons. The fourth-order valence-corrected chi connectivity index (χ4v) is 2.81. The molecule has 3 rings (SSSR count). The van der Waals surface area contributed by atoms with Gasteiger partial charge < -0.3 is 16.0 Å². The number of amides is 1. The number of rotatable bonds is 3. The van der Waals surface area contributed by atoms with Gasteiger partial charge in [-0.15, -0.1) is 11.6 Å². The number of hydrogen-bond acceptors (Lipinski definition) is 3. The number of fused-ring (bicyclic) bond motifs is 1. The maximum Gasteiger partial charge on any atom is 0.251 e. The van der Waals surface area contributed by atoms with Crippen LogP contribution >= 0.6 is 23.2 Å². The van der Waals surface area contributed by atoms with E-state index in [9.17, 15) is 9.18 Å². The minimum absolute atomic E-state index is 0.209. The fourth-order valence-electron chi connectivity index (χ4n) is 2.20. The molecule has 1 aliphatic rings. The van der Waals surface area contributed by atoms with E-state index in [1.807, 2.05) is 0 Å². The molecule has 0 saturated carbocycles. The molecule has 2 unspecified atom stereocenters. The molecule has 1 aliphatic carbocycles. The van der Waals surface area contributed by atoms with Gasteiger partial charge in [-0.1, -0.05) is 23.8 Å². The van der Waals surface area contributed by atoms with Gasteiger partial charge in [0.1, 0.15) is 5.82 Å². The first-order valence-electron chi connectivity index (χ1n) is 6.39. The van der Waals surface area contributed by atoms with E-state index >= 15 is 0 Å². The van der Waals surface area contributed by atoms with Crippen molar-refractivity contribution >= 4 is 46.1 Å². The van der Waals surface area contributed by atoms with Crippen molar-refractivity contribution in [1.29, 1.82) is 0 Å². The number of nitrogens with two attached hydrogens (primary N) is 1. The van der Waals surface area contributed by atoms with E-state index in [0.717, 1.165) is 0 Å². The summed E-state index contributed by atoms with van der Waals surface area (Å²) in [5.74, 6) is -1.18. The zero-order valence-corrected chi connectivity index (χ0v) is 12.6. The van der Waals surface area contributed by atoms with E-state index in [1.54, 1.807) is 18.2 Å². The van der Waals surface area contributed by atoms with Crippen LogP contribution in [0.1, 0.15) is 10.4 Å². The monoisotopic (exact) mass is 340 g/mol. The number of benzene rings is 1. The molecular weight excluding hydrogens is 330 g/mol. The normalized spacial score (nSPS) is 21.0. The minimum Gasteiger partial charge on any atom is -0.366 e. The first kappa shape index (κ1) is 14.9. The Morgan fingerprint density at radius 2 is 2.23 bits per heavy atom. The lowest BCUT2D eigenvalue weighted by atomic mass is 10.1. The molecule has 1 aromatic heterocycles. The van der Waals surface area contributed by atoms with Gasteiger partial charge in [-0.2, -0.15) is 0 Å². The lowest BCUT2D eigenvalue weighted by Crippen LogP contribution is -2.31. The second-order valence-corrected chi connectivity index (χ2v) is 5.74. The van der Waals surface area contributed by atoms with Crippen molar-refractivity contribution in [3.8, 4) is 0 Å². The van der Waals surface area contributed by atoms with Crippen LogP contribution in [0.3, 0.4) is 0 Å². The molecule has 2 atom stereocenters. The Labute approximate surface area is 135 Å². The summed E-state index contributed by atoms with van der Waals surface area (Å²) >= 11 is 12.3. The van der Waals surface area contributed by atoms with Crippen molar-refractivity contribution in [2.75, 3.05) is 5.32 Å². The van der Waals surface area contributed by atoms with Crippen molar-refractivity contribution in [3.63, 3.8) is 0 Å². The number of primary amides is 1. The topological polar surface area (TPSA) is 83.8 Å². The van der Waals surface area contributed by atoms with Gasteiger partial charge in [0, 0.05) is 11.1 Å². The van der Waals surface area contributed by atoms with E-state index in [0.29, 0.717) is 22.0 Å². The molecule has 0 fully saturated rings. The minimum atomic E-state index is -0.846. The van der Waals surface area contributed by atoms with Crippen molar-refractivity contribution in [1.82, 2.24) is 9.97 Å². The van der Waals surface area contributed by atoms with Crippen LogP contribution in [0.2, 0.25) is 0 Å². The van der Waals surface area contributed by atoms with Crippen LogP contribution in [-0.4, -0.2) is 27.3 Å². The molecule has 1 aromatic carbocycles. The van der Waals surface area contributed by atoms with Crippen LogP contribution in [0, 0.1) is 5.82 Å². The Bertz CT molecular complexity index is 815. The number of aromatic nitrogens is 2. The van der Waals surface area contributed by atoms with Crippen LogP contribution in [0.5, 0.6) is 0 Å². The Hall–Kier alpha value is -2.05. The third-order valence-electron chi connectivity index (χ3n) is 3.29. The number of H-pyrrole nitrogens is 1. The highest BCUT2D eigenvalue weighted by Gasteiger charge is 2.23. The van der Waals surface area contributed by atoms with E-state index in [4.69, 9.17) is 28.9 Å². The number of carbonyl (C=O) groups is 1. The number of allylic oxidation sites excluding steroid dienone is 2. The summed E-state index contributed by atoms with van der Waals surface area (Å²) in [6.07, 6.45) is 5.29. The summed E-state index contributed by atoms with van der Waals surface area (Å²) in [6, 6.07) is 2.11. The quantitative estimate of drug-likeness (QED) is 0.751. The molecule has 0 radical (unpaired) electrons. The molecule has 22 heavy (non-hydrogen) atoms. The maximum atomic E-state index is 13.7. The number of aromatic amines is 1. The molecule has 2 aromatic rings. The van der Waals surface area contributed by atoms with Crippen LogP contribution in [-0.2, 0) is 0 Å². The smallest absolute Gasteiger partial charge is 0.251 e. The summed E-state index contributed by atoms with van der Waals surface area (Å²) in [5, 5.41) is 3.24. The van der Waals surface area contributed by atoms with Crippen LogP contribution in [0.4, 0.5) is 10.3 Å². The molecule has 5 nitrogen and oxygen atoms in total. The van der Waals surface area contributed by atoms with Gasteiger partial charge >= 0.3 is 0 Å². The number of carbonyl (C=O) groups excluding carboxylic acids is 1. The SMILES string of the molecule is NC(=O)c1cc2nc(NC3C(Cl)=CC=CC3Cl)[nH]c2cc1F. The number of nitrogens with one attached hydrogen (secondary N) is 2. The summed E-state index contributed by atoms with van der Waals surface area (Å²) in [7, 11) is 0. The van der Waals surface area contributed by atoms with E-state index in [-0.39, 0.29) is 17.0 Å².